The van der Waals surface area contributed by atoms with Crippen molar-refractivity contribution in [3.8, 4) is 0 Å². The van der Waals surface area contributed by atoms with Crippen molar-refractivity contribution in [2.75, 3.05) is 6.61 Å². The number of hydrogen-bond donors (Lipinski definition) is 0. The maximum Gasteiger partial charge on any atom is 0.390 e. The average Bonchev–Trinajstić information content (AvgIpc) is 1.99. The fraction of sp³-hybridized carbons (Fsp3) is 0.714. The van der Waals surface area contributed by atoms with Gasteiger partial charge in [0.1, 0.15) is 12.2 Å². The molecule has 76 valence electrons. The highest BCUT2D eigenvalue weighted by Gasteiger charge is 2.35. The van der Waals surface area contributed by atoms with Gasteiger partial charge in [-0.3, -0.25) is 4.79 Å². The van der Waals surface area contributed by atoms with E-state index in [0.29, 0.717) is 0 Å². The van der Waals surface area contributed by atoms with Crippen LogP contribution in [0.1, 0.15) is 13.3 Å². The molecule has 0 saturated heterocycles. The van der Waals surface area contributed by atoms with Crippen LogP contribution < -0.4 is 0 Å². The molecule has 0 unspecified atom stereocenters. The normalized spacial score (nSPS) is 13.5. The Morgan fingerprint density at radius 1 is 1.54 bits per heavy atom. The van der Waals surface area contributed by atoms with Gasteiger partial charge in [0, 0.05) is 0 Å². The predicted octanol–water partition coefficient (Wildman–Crippen LogP) is 1.32. The highest BCUT2D eigenvalue weighted by Crippen LogP contribution is 2.24. The van der Waals surface area contributed by atoms with E-state index in [2.05, 4.69) is 4.74 Å². The SMILES string of the molecule is CCOC(=O)[C@H](C=O)CC(F)(F)F. The number of ether oxygens (including phenoxy) is 1. The van der Waals surface area contributed by atoms with Crippen molar-refractivity contribution in [2.45, 2.75) is 19.5 Å². The smallest absolute Gasteiger partial charge is 0.390 e. The van der Waals surface area contributed by atoms with Crippen LogP contribution in [0.4, 0.5) is 13.2 Å². The highest BCUT2D eigenvalue weighted by atomic mass is 19.4. The molecule has 0 aromatic carbocycles. The minimum Gasteiger partial charge on any atom is -0.465 e. The van der Waals surface area contributed by atoms with Crippen molar-refractivity contribution in [1.82, 2.24) is 0 Å². The first-order chi connectivity index (χ1) is 5.90. The van der Waals surface area contributed by atoms with Crippen LogP contribution in [0.25, 0.3) is 0 Å². The number of carbonyl (C=O) groups is 2. The van der Waals surface area contributed by atoms with E-state index in [1.165, 1.54) is 6.92 Å². The Bertz CT molecular complexity index is 188. The monoisotopic (exact) mass is 198 g/mol. The molecular formula is C7H9F3O3. The first-order valence-corrected chi connectivity index (χ1v) is 3.59. The number of halogens is 3. The number of alkyl halides is 3. The molecule has 0 amide bonds. The summed E-state index contributed by atoms with van der Waals surface area (Å²) in [7, 11) is 0. The lowest BCUT2D eigenvalue weighted by Crippen LogP contribution is -2.25. The molecule has 1 atom stereocenters. The molecule has 0 rings (SSSR count). The van der Waals surface area contributed by atoms with Crippen molar-refractivity contribution in [2.24, 2.45) is 5.92 Å². The van der Waals surface area contributed by atoms with Crippen LogP contribution in [0, 0.1) is 5.92 Å². The van der Waals surface area contributed by atoms with Crippen molar-refractivity contribution in [3.63, 3.8) is 0 Å². The van der Waals surface area contributed by atoms with Crippen molar-refractivity contribution >= 4 is 12.3 Å². The van der Waals surface area contributed by atoms with Crippen molar-refractivity contribution < 1.29 is 27.5 Å². The first kappa shape index (κ1) is 11.9. The molecule has 0 aliphatic rings. The molecule has 0 fully saturated rings. The van der Waals surface area contributed by atoms with Crippen LogP contribution >= 0.6 is 0 Å². The summed E-state index contributed by atoms with van der Waals surface area (Å²) < 4.78 is 39.5. The van der Waals surface area contributed by atoms with Crippen LogP contribution in [-0.4, -0.2) is 25.0 Å². The fourth-order valence-electron chi connectivity index (χ4n) is 0.686. The lowest BCUT2D eigenvalue weighted by atomic mass is 10.1. The highest BCUT2D eigenvalue weighted by molar-refractivity contribution is 5.87. The maximum atomic E-state index is 11.7. The summed E-state index contributed by atoms with van der Waals surface area (Å²) in [5.41, 5.74) is 0. The van der Waals surface area contributed by atoms with E-state index in [-0.39, 0.29) is 12.9 Å². The Hall–Kier alpha value is -1.07. The molecule has 0 aliphatic carbocycles. The second kappa shape index (κ2) is 4.84. The van der Waals surface area contributed by atoms with E-state index < -0.39 is 24.5 Å². The molecule has 0 spiro atoms. The van der Waals surface area contributed by atoms with E-state index in [9.17, 15) is 22.8 Å². The van der Waals surface area contributed by atoms with Crippen LogP contribution in [-0.2, 0) is 14.3 Å². The average molecular weight is 198 g/mol. The molecule has 0 aromatic heterocycles. The molecule has 3 nitrogen and oxygen atoms in total. The van der Waals surface area contributed by atoms with Gasteiger partial charge in [0.25, 0.3) is 0 Å². The van der Waals surface area contributed by atoms with Gasteiger partial charge in [0.15, 0.2) is 0 Å². The number of aldehydes is 1. The molecule has 0 aliphatic heterocycles. The molecule has 0 heterocycles. The standard InChI is InChI=1S/C7H9F3O3/c1-2-13-6(12)5(4-11)3-7(8,9)10/h4-5H,2-3H2,1H3/t5-/m0/s1. The molecule has 6 heteroatoms. The summed E-state index contributed by atoms with van der Waals surface area (Å²) in [6.45, 7) is 1.41. The van der Waals surface area contributed by atoms with Crippen molar-refractivity contribution in [1.29, 1.82) is 0 Å². The third-order valence-corrected chi connectivity index (χ3v) is 1.20. The first-order valence-electron chi connectivity index (χ1n) is 3.59. The Kier molecular flexibility index (Phi) is 4.44. The van der Waals surface area contributed by atoms with Crippen LogP contribution in [0.15, 0.2) is 0 Å². The zero-order chi connectivity index (χ0) is 10.5. The molecule has 0 radical (unpaired) electrons. The third kappa shape index (κ3) is 5.21. The van der Waals surface area contributed by atoms with Crippen LogP contribution in [0.5, 0.6) is 0 Å². The van der Waals surface area contributed by atoms with Gasteiger partial charge in [0.05, 0.1) is 13.0 Å². The molecule has 0 aromatic rings. The van der Waals surface area contributed by atoms with Gasteiger partial charge < -0.3 is 9.53 Å². The minimum absolute atomic E-state index is 0.0406. The Labute approximate surface area is 72.9 Å². The van der Waals surface area contributed by atoms with E-state index in [1.54, 1.807) is 0 Å². The van der Waals surface area contributed by atoms with Crippen molar-refractivity contribution in [3.05, 3.63) is 0 Å². The summed E-state index contributed by atoms with van der Waals surface area (Å²) in [4.78, 5) is 20.8. The summed E-state index contributed by atoms with van der Waals surface area (Å²) in [5, 5.41) is 0. The lowest BCUT2D eigenvalue weighted by Gasteiger charge is -2.11. The quantitative estimate of drug-likeness (QED) is 0.388. The molecule has 0 saturated carbocycles. The summed E-state index contributed by atoms with van der Waals surface area (Å²) >= 11 is 0. The number of esters is 1. The number of hydrogen-bond acceptors (Lipinski definition) is 3. The summed E-state index contributed by atoms with van der Waals surface area (Å²) in [6.07, 6.45) is -6.04. The molecular weight excluding hydrogens is 189 g/mol. The Morgan fingerprint density at radius 2 is 2.08 bits per heavy atom. The predicted molar refractivity (Wildman–Crippen MR) is 36.9 cm³/mol. The van der Waals surface area contributed by atoms with Gasteiger partial charge >= 0.3 is 12.1 Å². The van der Waals surface area contributed by atoms with Crippen LogP contribution in [0.3, 0.4) is 0 Å². The second-order valence-electron chi connectivity index (χ2n) is 2.31. The minimum atomic E-state index is -4.53. The summed E-state index contributed by atoms with van der Waals surface area (Å²) in [5.74, 6) is -2.87. The topological polar surface area (TPSA) is 43.4 Å². The Balaban J connectivity index is 4.18. The second-order valence-corrected chi connectivity index (χ2v) is 2.31. The number of carbonyl (C=O) groups excluding carboxylic acids is 2. The van der Waals surface area contributed by atoms with Gasteiger partial charge in [-0.05, 0) is 6.92 Å². The molecule has 0 bridgehead atoms. The maximum absolute atomic E-state index is 11.7. The van der Waals surface area contributed by atoms with Gasteiger partial charge in [-0.1, -0.05) is 0 Å². The number of rotatable bonds is 4. The molecule has 13 heavy (non-hydrogen) atoms. The van der Waals surface area contributed by atoms with Gasteiger partial charge in [-0.15, -0.1) is 0 Å². The van der Waals surface area contributed by atoms with Crippen LogP contribution in [0.2, 0.25) is 0 Å². The summed E-state index contributed by atoms with van der Waals surface area (Å²) in [6, 6.07) is 0. The van der Waals surface area contributed by atoms with E-state index >= 15 is 0 Å². The zero-order valence-corrected chi connectivity index (χ0v) is 6.93. The largest absolute Gasteiger partial charge is 0.465 e. The molecule has 0 N–H and O–H groups in total. The van der Waals surface area contributed by atoms with Gasteiger partial charge in [-0.25, -0.2) is 0 Å². The van der Waals surface area contributed by atoms with E-state index in [0.717, 1.165) is 0 Å². The van der Waals surface area contributed by atoms with E-state index in [1.807, 2.05) is 0 Å². The lowest BCUT2D eigenvalue weighted by molar-refractivity contribution is -0.168. The van der Waals surface area contributed by atoms with Gasteiger partial charge in [-0.2, -0.15) is 13.2 Å². The van der Waals surface area contributed by atoms with E-state index in [4.69, 9.17) is 0 Å². The zero-order valence-electron chi connectivity index (χ0n) is 6.93. The van der Waals surface area contributed by atoms with Gasteiger partial charge in [0.2, 0.25) is 0 Å². The third-order valence-electron chi connectivity index (χ3n) is 1.20. The Morgan fingerprint density at radius 3 is 2.38 bits per heavy atom. The fourth-order valence-corrected chi connectivity index (χ4v) is 0.686.